The van der Waals surface area contributed by atoms with E-state index >= 15 is 0 Å². The molecule has 0 aliphatic carbocycles. The lowest BCUT2D eigenvalue weighted by Crippen LogP contribution is -2.38. The fraction of sp³-hybridized carbons (Fsp3) is 0.600. The molecule has 0 radical (unpaired) electrons. The zero-order valence-corrected chi connectivity index (χ0v) is 22.6. The SMILES string of the molecule is CCNC(=NCc1csc(C(C)(C)C)n1)NC(C)c1nc(C)c(C(=O)OCC)s1.I. The number of aliphatic imine (C=N–C) groups is 1. The second kappa shape index (κ2) is 11.9. The van der Waals surface area contributed by atoms with Crippen molar-refractivity contribution in [3.63, 3.8) is 0 Å². The van der Waals surface area contributed by atoms with Crippen LogP contribution in [0.3, 0.4) is 0 Å². The van der Waals surface area contributed by atoms with Gasteiger partial charge in [-0.2, -0.15) is 0 Å². The highest BCUT2D eigenvalue weighted by Crippen LogP contribution is 2.26. The summed E-state index contributed by atoms with van der Waals surface area (Å²) in [5, 5.41) is 10.6. The number of rotatable bonds is 7. The Morgan fingerprint density at radius 3 is 2.57 bits per heavy atom. The van der Waals surface area contributed by atoms with Gasteiger partial charge in [-0.15, -0.1) is 46.7 Å². The van der Waals surface area contributed by atoms with Gasteiger partial charge in [0.15, 0.2) is 5.96 Å². The van der Waals surface area contributed by atoms with E-state index in [1.54, 1.807) is 18.3 Å². The third-order valence-electron chi connectivity index (χ3n) is 3.93. The number of hydrogen-bond acceptors (Lipinski definition) is 7. The Morgan fingerprint density at radius 1 is 1.30 bits per heavy atom. The zero-order chi connectivity index (χ0) is 21.6. The molecule has 0 spiro atoms. The molecule has 1 unspecified atom stereocenters. The number of carbonyl (C=O) groups excluding carboxylic acids is 1. The maximum atomic E-state index is 12.0. The van der Waals surface area contributed by atoms with Crippen molar-refractivity contribution >= 4 is 58.6 Å². The fourth-order valence-electron chi connectivity index (χ4n) is 2.46. The van der Waals surface area contributed by atoms with Gasteiger partial charge >= 0.3 is 5.97 Å². The molecule has 0 aliphatic rings. The van der Waals surface area contributed by atoms with Crippen molar-refractivity contribution in [1.29, 1.82) is 0 Å². The Labute approximate surface area is 204 Å². The van der Waals surface area contributed by atoms with Crippen molar-refractivity contribution in [2.45, 2.75) is 66.5 Å². The number of aromatic nitrogens is 2. The van der Waals surface area contributed by atoms with Gasteiger partial charge in [0.2, 0.25) is 0 Å². The summed E-state index contributed by atoms with van der Waals surface area (Å²) in [5.41, 5.74) is 1.69. The van der Waals surface area contributed by atoms with E-state index in [4.69, 9.17) is 9.72 Å². The zero-order valence-electron chi connectivity index (χ0n) is 18.7. The van der Waals surface area contributed by atoms with Crippen LogP contribution in [0.1, 0.15) is 78.7 Å². The molecule has 2 aromatic rings. The number of thiazole rings is 2. The van der Waals surface area contributed by atoms with E-state index in [1.165, 1.54) is 11.3 Å². The summed E-state index contributed by atoms with van der Waals surface area (Å²) in [6.07, 6.45) is 0. The summed E-state index contributed by atoms with van der Waals surface area (Å²) in [6, 6.07) is -0.0970. The first kappa shape index (κ1) is 26.8. The summed E-state index contributed by atoms with van der Waals surface area (Å²) in [6.45, 7) is 15.7. The van der Waals surface area contributed by atoms with E-state index in [0.29, 0.717) is 29.7 Å². The molecular weight excluding hydrogens is 533 g/mol. The maximum absolute atomic E-state index is 12.0. The van der Waals surface area contributed by atoms with Crippen molar-refractivity contribution in [3.8, 4) is 0 Å². The van der Waals surface area contributed by atoms with Crippen LogP contribution in [0.5, 0.6) is 0 Å². The minimum absolute atomic E-state index is 0. The third-order valence-corrected chi connectivity index (χ3v) is 6.57. The van der Waals surface area contributed by atoms with Crippen LogP contribution >= 0.6 is 46.7 Å². The van der Waals surface area contributed by atoms with Crippen LogP contribution in [0.15, 0.2) is 10.4 Å². The van der Waals surface area contributed by atoms with Crippen molar-refractivity contribution in [3.05, 3.63) is 31.7 Å². The predicted molar refractivity (Wildman–Crippen MR) is 135 cm³/mol. The average Bonchev–Trinajstić information content (AvgIpc) is 3.26. The number of aryl methyl sites for hydroxylation is 1. The predicted octanol–water partition coefficient (Wildman–Crippen LogP) is 4.82. The molecule has 2 rings (SSSR count). The van der Waals surface area contributed by atoms with Crippen LogP contribution in [0.2, 0.25) is 0 Å². The topological polar surface area (TPSA) is 88.5 Å². The number of halogens is 1. The molecule has 2 N–H and O–H groups in total. The first-order chi connectivity index (χ1) is 13.7. The smallest absolute Gasteiger partial charge is 0.350 e. The maximum Gasteiger partial charge on any atom is 0.350 e. The summed E-state index contributed by atoms with van der Waals surface area (Å²) in [7, 11) is 0. The molecule has 0 saturated heterocycles. The Balaban J connectivity index is 0.00000450. The van der Waals surface area contributed by atoms with Gasteiger partial charge in [0.1, 0.15) is 9.88 Å². The molecule has 0 amide bonds. The van der Waals surface area contributed by atoms with E-state index in [2.05, 4.69) is 46.8 Å². The lowest BCUT2D eigenvalue weighted by atomic mass is 9.98. The van der Waals surface area contributed by atoms with Crippen molar-refractivity contribution in [2.75, 3.05) is 13.2 Å². The molecule has 2 heterocycles. The number of nitrogens with zero attached hydrogens (tertiary/aromatic N) is 3. The normalized spacial score (nSPS) is 12.8. The Kier molecular flexibility index (Phi) is 10.7. The lowest BCUT2D eigenvalue weighted by molar-refractivity contribution is 0.0531. The third kappa shape index (κ3) is 7.45. The Bertz CT molecular complexity index is 858. The van der Waals surface area contributed by atoms with E-state index in [9.17, 15) is 4.79 Å². The number of nitrogens with one attached hydrogen (secondary N) is 2. The highest BCUT2D eigenvalue weighted by Gasteiger charge is 2.20. The minimum atomic E-state index is -0.320. The van der Waals surface area contributed by atoms with Crippen molar-refractivity contribution < 1.29 is 9.53 Å². The number of ether oxygens (including phenoxy) is 1. The second-order valence-electron chi connectivity index (χ2n) is 7.64. The van der Waals surface area contributed by atoms with E-state index < -0.39 is 0 Å². The Morgan fingerprint density at radius 2 is 2.00 bits per heavy atom. The first-order valence-electron chi connectivity index (χ1n) is 9.79. The number of carbonyl (C=O) groups is 1. The molecule has 7 nitrogen and oxygen atoms in total. The molecule has 0 aromatic carbocycles. The van der Waals surface area contributed by atoms with E-state index in [0.717, 1.165) is 22.3 Å². The Hall–Kier alpha value is -1.27. The molecule has 30 heavy (non-hydrogen) atoms. The molecule has 2 aromatic heterocycles. The highest BCUT2D eigenvalue weighted by atomic mass is 127. The van der Waals surface area contributed by atoms with Crippen LogP contribution in [0.25, 0.3) is 0 Å². The van der Waals surface area contributed by atoms with Gasteiger partial charge < -0.3 is 15.4 Å². The number of esters is 1. The van der Waals surface area contributed by atoms with Gasteiger partial charge in [-0.3, -0.25) is 0 Å². The summed E-state index contributed by atoms with van der Waals surface area (Å²) < 4.78 is 5.10. The minimum Gasteiger partial charge on any atom is -0.462 e. The molecule has 0 aliphatic heterocycles. The molecule has 10 heteroatoms. The number of hydrogen-bond donors (Lipinski definition) is 2. The van der Waals surface area contributed by atoms with Crippen molar-refractivity contribution in [2.24, 2.45) is 4.99 Å². The molecule has 0 bridgehead atoms. The van der Waals surface area contributed by atoms with Gasteiger partial charge in [0, 0.05) is 17.3 Å². The largest absolute Gasteiger partial charge is 0.462 e. The average molecular weight is 566 g/mol. The fourth-order valence-corrected chi connectivity index (χ4v) is 4.32. The van der Waals surface area contributed by atoms with Gasteiger partial charge in [0.25, 0.3) is 0 Å². The van der Waals surface area contributed by atoms with Crippen LogP contribution in [0, 0.1) is 6.92 Å². The molecule has 0 saturated carbocycles. The molecule has 0 fully saturated rings. The monoisotopic (exact) mass is 565 g/mol. The molecule has 168 valence electrons. The van der Waals surface area contributed by atoms with E-state index in [1.807, 2.05) is 20.8 Å². The summed E-state index contributed by atoms with van der Waals surface area (Å²) >= 11 is 3.02. The standard InChI is InChI=1S/C20H31N5O2S2.HI/c1-8-21-19(22-10-14-11-28-18(25-14)20(5,6)7)24-13(4)16-23-12(3)15(29-16)17(26)27-9-2;/h11,13H,8-10H2,1-7H3,(H2,21,22,24);1H. The van der Waals surface area contributed by atoms with Crippen LogP contribution in [-0.4, -0.2) is 35.0 Å². The van der Waals surface area contributed by atoms with Crippen LogP contribution in [-0.2, 0) is 16.7 Å². The first-order valence-corrected chi connectivity index (χ1v) is 11.5. The molecule has 1 atom stereocenters. The van der Waals surface area contributed by atoms with Gasteiger partial charge in [0.05, 0.1) is 35.6 Å². The van der Waals surface area contributed by atoms with Gasteiger partial charge in [-0.1, -0.05) is 20.8 Å². The van der Waals surface area contributed by atoms with Gasteiger partial charge in [-0.25, -0.2) is 19.8 Å². The lowest BCUT2D eigenvalue weighted by Gasteiger charge is -2.16. The summed E-state index contributed by atoms with van der Waals surface area (Å²) in [5.74, 6) is 0.371. The molecular formula is C20H32IN5O2S2. The number of guanidine groups is 1. The summed E-state index contributed by atoms with van der Waals surface area (Å²) in [4.78, 5) is 26.5. The van der Waals surface area contributed by atoms with Crippen LogP contribution in [0.4, 0.5) is 0 Å². The van der Waals surface area contributed by atoms with Crippen LogP contribution < -0.4 is 10.6 Å². The van der Waals surface area contributed by atoms with Gasteiger partial charge in [-0.05, 0) is 27.7 Å². The van der Waals surface area contributed by atoms with Crippen molar-refractivity contribution in [1.82, 2.24) is 20.6 Å². The highest BCUT2D eigenvalue weighted by molar-refractivity contribution is 14.0. The quantitative estimate of drug-likeness (QED) is 0.217. The van der Waals surface area contributed by atoms with E-state index in [-0.39, 0.29) is 41.4 Å². The second-order valence-corrected chi connectivity index (χ2v) is 9.53.